The van der Waals surface area contributed by atoms with Crippen molar-refractivity contribution < 1.29 is 25.0 Å². The Morgan fingerprint density at radius 2 is 1.89 bits per heavy atom. The molecule has 4 rings (SSSR count). The molecule has 3 aromatic rings. The molecule has 2 amide bonds. The first-order valence-corrected chi connectivity index (χ1v) is 12.3. The Hall–Kier alpha value is -4.23. The lowest BCUT2D eigenvalue weighted by molar-refractivity contribution is -0.142. The minimum absolute atomic E-state index is 0.0750. The summed E-state index contributed by atoms with van der Waals surface area (Å²) in [6.07, 6.45) is -0.845. The Morgan fingerprint density at radius 3 is 2.63 bits per heavy atom. The van der Waals surface area contributed by atoms with E-state index in [9.17, 15) is 30.3 Å². The van der Waals surface area contributed by atoms with E-state index in [1.54, 1.807) is 54.9 Å². The predicted octanol–water partition coefficient (Wildman–Crippen LogP) is 2.61. The number of carbonyl (C=O) groups is 2. The van der Waals surface area contributed by atoms with Crippen LogP contribution in [0, 0.1) is 18.3 Å². The fraction of sp³-hybridized carbons (Fsp3) is 0.276. The quantitative estimate of drug-likeness (QED) is 0.218. The van der Waals surface area contributed by atoms with E-state index in [0.29, 0.717) is 23.1 Å². The highest BCUT2D eigenvalue weighted by Crippen LogP contribution is 2.37. The zero-order valence-corrected chi connectivity index (χ0v) is 21.0. The molecule has 0 bridgehead atoms. The summed E-state index contributed by atoms with van der Waals surface area (Å²) in [5.74, 6) is -1.11. The van der Waals surface area contributed by atoms with Gasteiger partial charge in [-0.2, -0.15) is 5.26 Å². The van der Waals surface area contributed by atoms with Gasteiger partial charge in [0, 0.05) is 19.5 Å². The van der Waals surface area contributed by atoms with Crippen LogP contribution in [0.4, 0.5) is 0 Å². The van der Waals surface area contributed by atoms with Gasteiger partial charge in [-0.05, 0) is 52.9 Å². The number of aliphatic hydroxyl groups excluding tert-OH is 1. The van der Waals surface area contributed by atoms with Gasteiger partial charge in [-0.3, -0.25) is 14.8 Å². The summed E-state index contributed by atoms with van der Waals surface area (Å²) in [7, 11) is 0. The molecule has 3 atom stereocenters. The largest absolute Gasteiger partial charge is 0.508 e. The van der Waals surface area contributed by atoms with Crippen molar-refractivity contribution in [3.05, 3.63) is 100 Å². The number of aromatic hydroxyl groups is 1. The molecule has 1 aliphatic carbocycles. The number of phenolic OH excluding ortho intramolecular Hbond substituents is 1. The average Bonchev–Trinajstić information content (AvgIpc) is 3.26. The minimum Gasteiger partial charge on any atom is -0.508 e. The highest BCUT2D eigenvalue weighted by Gasteiger charge is 2.40. The van der Waals surface area contributed by atoms with Gasteiger partial charge in [-0.25, -0.2) is 5.48 Å². The second-order valence-corrected chi connectivity index (χ2v) is 9.49. The Labute approximate surface area is 220 Å². The van der Waals surface area contributed by atoms with Gasteiger partial charge in [0.05, 0.1) is 36.2 Å². The van der Waals surface area contributed by atoms with Gasteiger partial charge < -0.3 is 20.4 Å². The van der Waals surface area contributed by atoms with Crippen LogP contribution in [0.15, 0.2) is 66.7 Å². The van der Waals surface area contributed by atoms with Crippen LogP contribution in [0.3, 0.4) is 0 Å². The highest BCUT2D eigenvalue weighted by atomic mass is 16.5. The summed E-state index contributed by atoms with van der Waals surface area (Å²) < 4.78 is 0. The molecule has 3 aromatic carbocycles. The van der Waals surface area contributed by atoms with Crippen LogP contribution in [0.2, 0.25) is 0 Å². The third-order valence-corrected chi connectivity index (χ3v) is 6.83. The number of nitrogens with zero attached hydrogens (tertiary/aromatic N) is 2. The van der Waals surface area contributed by atoms with Crippen molar-refractivity contribution in [1.82, 2.24) is 15.7 Å². The Balaban J connectivity index is 1.68. The van der Waals surface area contributed by atoms with E-state index in [1.165, 1.54) is 4.90 Å². The van der Waals surface area contributed by atoms with Gasteiger partial charge >= 0.3 is 0 Å². The number of nitriles is 1. The summed E-state index contributed by atoms with van der Waals surface area (Å²) in [6, 6.07) is 19.9. The number of amides is 2. The van der Waals surface area contributed by atoms with Crippen molar-refractivity contribution in [3.8, 4) is 11.8 Å². The smallest absolute Gasteiger partial charge is 0.245 e. The van der Waals surface area contributed by atoms with Crippen LogP contribution >= 0.6 is 0 Å². The number of benzene rings is 3. The molecule has 0 spiro atoms. The molecule has 0 radical (unpaired) electrons. The van der Waals surface area contributed by atoms with Gasteiger partial charge in [0.25, 0.3) is 0 Å². The van der Waals surface area contributed by atoms with E-state index in [4.69, 9.17) is 0 Å². The van der Waals surface area contributed by atoms with Crippen molar-refractivity contribution in [2.24, 2.45) is 0 Å². The number of hydroxylamine groups is 1. The average molecular weight is 515 g/mol. The first kappa shape index (κ1) is 26.8. The van der Waals surface area contributed by atoms with Crippen molar-refractivity contribution in [2.75, 3.05) is 0 Å². The number of hydrogen-bond donors (Lipinski definition) is 5. The molecule has 0 saturated carbocycles. The summed E-state index contributed by atoms with van der Waals surface area (Å²) in [5.41, 5.74) is 5.89. The molecule has 0 aromatic heterocycles. The van der Waals surface area contributed by atoms with Crippen LogP contribution in [0.1, 0.15) is 45.8 Å². The van der Waals surface area contributed by atoms with Gasteiger partial charge in [0.1, 0.15) is 5.75 Å². The van der Waals surface area contributed by atoms with Crippen molar-refractivity contribution >= 4 is 11.8 Å². The molecule has 0 heterocycles. The lowest BCUT2D eigenvalue weighted by atomic mass is 10.0. The molecule has 5 N–H and O–H groups in total. The normalized spacial score (nSPS) is 16.8. The van der Waals surface area contributed by atoms with Gasteiger partial charge in [0.2, 0.25) is 11.8 Å². The topological polar surface area (TPSA) is 146 Å². The van der Waals surface area contributed by atoms with Crippen LogP contribution in [0.25, 0.3) is 0 Å². The monoisotopic (exact) mass is 514 g/mol. The zero-order valence-electron chi connectivity index (χ0n) is 21.0. The van der Waals surface area contributed by atoms with E-state index < -0.39 is 30.0 Å². The van der Waals surface area contributed by atoms with Gasteiger partial charge in [0.15, 0.2) is 0 Å². The number of aliphatic hydroxyl groups is 1. The number of fused-ring (bicyclic) bond motifs is 1. The van der Waals surface area contributed by atoms with Gasteiger partial charge in [-0.15, -0.1) is 0 Å². The van der Waals surface area contributed by atoms with Crippen molar-refractivity contribution in [2.45, 2.75) is 51.0 Å². The molecule has 196 valence electrons. The molecule has 9 heteroatoms. The number of carbonyl (C=O) groups excluding carboxylic acids is 2. The van der Waals surface area contributed by atoms with Crippen molar-refractivity contribution in [3.63, 3.8) is 0 Å². The Kier molecular flexibility index (Phi) is 8.38. The summed E-state index contributed by atoms with van der Waals surface area (Å²) >= 11 is 0. The molecular weight excluding hydrogens is 484 g/mol. The number of phenols is 1. The first-order chi connectivity index (χ1) is 18.3. The van der Waals surface area contributed by atoms with E-state index in [1.807, 2.05) is 24.3 Å². The molecular formula is C29H30N4O5. The fourth-order valence-corrected chi connectivity index (χ4v) is 4.86. The zero-order chi connectivity index (χ0) is 27.2. The highest BCUT2D eigenvalue weighted by molar-refractivity contribution is 5.88. The molecule has 0 aliphatic heterocycles. The summed E-state index contributed by atoms with van der Waals surface area (Å²) in [4.78, 5) is 27.8. The van der Waals surface area contributed by atoms with E-state index in [-0.39, 0.29) is 25.3 Å². The fourth-order valence-electron chi connectivity index (χ4n) is 4.86. The van der Waals surface area contributed by atoms with Crippen LogP contribution in [-0.2, 0) is 29.1 Å². The SMILES string of the molecule is Cc1ccc(CN(C(=O)[C@@H](CC(=O)NO)NCc2cccc(C#N)c2)[C@H]2c3ccccc3C[C@H]2O)cc1O. The van der Waals surface area contributed by atoms with Gasteiger partial charge in [-0.1, -0.05) is 48.5 Å². The second kappa shape index (κ2) is 11.9. The van der Waals surface area contributed by atoms with E-state index >= 15 is 0 Å². The molecule has 9 nitrogen and oxygen atoms in total. The van der Waals surface area contributed by atoms with Crippen LogP contribution in [-0.4, -0.2) is 44.3 Å². The lowest BCUT2D eigenvalue weighted by Gasteiger charge is -2.35. The first-order valence-electron chi connectivity index (χ1n) is 12.3. The van der Waals surface area contributed by atoms with Crippen LogP contribution < -0.4 is 10.8 Å². The maximum Gasteiger partial charge on any atom is 0.245 e. The third kappa shape index (κ3) is 6.01. The summed E-state index contributed by atoms with van der Waals surface area (Å²) in [5, 5.41) is 42.8. The minimum atomic E-state index is -1.05. The maximum absolute atomic E-state index is 14.1. The van der Waals surface area contributed by atoms with Crippen molar-refractivity contribution in [1.29, 1.82) is 5.26 Å². The molecule has 0 saturated heterocycles. The van der Waals surface area contributed by atoms with Crippen LogP contribution in [0.5, 0.6) is 5.75 Å². The van der Waals surface area contributed by atoms with E-state index in [2.05, 4.69) is 11.4 Å². The molecule has 38 heavy (non-hydrogen) atoms. The van der Waals surface area contributed by atoms with E-state index in [0.717, 1.165) is 16.7 Å². The number of aryl methyl sites for hydroxylation is 1. The lowest BCUT2D eigenvalue weighted by Crippen LogP contribution is -2.50. The predicted molar refractivity (Wildman–Crippen MR) is 139 cm³/mol. The summed E-state index contributed by atoms with van der Waals surface area (Å²) in [6.45, 7) is 2.03. The molecule has 1 aliphatic rings. The second-order valence-electron chi connectivity index (χ2n) is 9.49. The molecule has 0 fully saturated rings. The number of nitrogens with one attached hydrogen (secondary N) is 2. The maximum atomic E-state index is 14.1. The third-order valence-electron chi connectivity index (χ3n) is 6.83. The number of hydrogen-bond acceptors (Lipinski definition) is 7. The molecule has 0 unspecified atom stereocenters. The number of rotatable bonds is 9. The Bertz CT molecular complexity index is 1370. The standard InChI is InChI=1S/C29H30N4O5/c1-18-9-10-21(12-25(18)34)17-33(28-23-8-3-2-7-22(23)13-26(28)35)29(37)24(14-27(36)32-38)31-16-20-6-4-5-19(11-20)15-30/h2-12,24,26,28,31,34-35,38H,13-14,16-17H2,1H3,(H,32,36)/t24-,26-,28+/m1/s1. The Morgan fingerprint density at radius 1 is 1.11 bits per heavy atom.